The first-order valence-corrected chi connectivity index (χ1v) is 11.1. The number of halogens is 5. The average molecular weight is 508 g/mol. The van der Waals surface area contributed by atoms with Crippen LogP contribution in [0, 0.1) is 36.0 Å². The van der Waals surface area contributed by atoms with E-state index >= 15 is 0 Å². The highest BCUT2D eigenvalue weighted by atomic mass is 19.2. The molecule has 0 aromatic heterocycles. The lowest BCUT2D eigenvalue weighted by Crippen LogP contribution is -2.10. The first-order valence-electron chi connectivity index (χ1n) is 11.1. The Morgan fingerprint density at radius 2 is 1.38 bits per heavy atom. The Morgan fingerprint density at radius 1 is 0.784 bits per heavy atom. The van der Waals surface area contributed by atoms with Gasteiger partial charge in [0.15, 0.2) is 29.0 Å². The monoisotopic (exact) mass is 508 g/mol. The van der Waals surface area contributed by atoms with Gasteiger partial charge in [0.2, 0.25) is 11.6 Å². The van der Waals surface area contributed by atoms with Gasteiger partial charge in [0.1, 0.15) is 18.1 Å². The molecule has 0 bridgehead atoms. The normalized spacial score (nSPS) is 13.6. The van der Waals surface area contributed by atoms with Crippen LogP contribution in [0.2, 0.25) is 0 Å². The maximum Gasteiger partial charge on any atom is 0.232 e. The van der Waals surface area contributed by atoms with E-state index in [0.29, 0.717) is 5.56 Å². The molecule has 0 saturated heterocycles. The predicted octanol–water partition coefficient (Wildman–Crippen LogP) is 7.55. The molecule has 0 fully saturated rings. The van der Waals surface area contributed by atoms with Crippen molar-refractivity contribution in [1.82, 2.24) is 0 Å². The summed E-state index contributed by atoms with van der Waals surface area (Å²) in [5, 5.41) is 0. The maximum absolute atomic E-state index is 14.0. The summed E-state index contributed by atoms with van der Waals surface area (Å²) in [4.78, 5) is 12.9. The van der Waals surface area contributed by atoms with Gasteiger partial charge < -0.3 is 9.47 Å². The fourth-order valence-electron chi connectivity index (χ4n) is 4.05. The fraction of sp³-hybridized carbons (Fsp3) is 0.0690. The van der Waals surface area contributed by atoms with Crippen molar-refractivity contribution in [1.29, 1.82) is 0 Å². The van der Waals surface area contributed by atoms with Crippen molar-refractivity contribution in [2.75, 3.05) is 0 Å². The van der Waals surface area contributed by atoms with Crippen LogP contribution in [0.4, 0.5) is 22.0 Å². The lowest BCUT2D eigenvalue weighted by Gasteiger charge is -2.11. The Balaban J connectivity index is 1.37. The SMILES string of the molecule is Cc1cc(OCc2c(F)c(F)c(F)c(F)c2F)cc2c1C(=O)/C(=C/c1ccc(-c3ccccc3)cc1)O2. The minimum absolute atomic E-state index is 0.0291. The van der Waals surface area contributed by atoms with E-state index in [9.17, 15) is 26.7 Å². The van der Waals surface area contributed by atoms with Gasteiger partial charge in [0.05, 0.1) is 11.1 Å². The summed E-state index contributed by atoms with van der Waals surface area (Å²) in [6.07, 6.45) is 1.59. The molecular weight excluding hydrogens is 491 g/mol. The summed E-state index contributed by atoms with van der Waals surface area (Å²) in [5.74, 6) is -10.4. The number of benzene rings is 4. The highest BCUT2D eigenvalue weighted by Gasteiger charge is 2.30. The molecule has 37 heavy (non-hydrogen) atoms. The van der Waals surface area contributed by atoms with Crippen LogP contribution in [0.3, 0.4) is 0 Å². The van der Waals surface area contributed by atoms with Crippen molar-refractivity contribution in [3.05, 3.63) is 124 Å². The molecule has 4 aromatic rings. The zero-order chi connectivity index (χ0) is 26.3. The Morgan fingerprint density at radius 3 is 2.03 bits per heavy atom. The van der Waals surface area contributed by atoms with Gasteiger partial charge in [-0.05, 0) is 41.3 Å². The van der Waals surface area contributed by atoms with Gasteiger partial charge in [-0.3, -0.25) is 4.79 Å². The minimum Gasteiger partial charge on any atom is -0.489 e. The first-order chi connectivity index (χ1) is 17.7. The number of hydrogen-bond donors (Lipinski definition) is 0. The van der Waals surface area contributed by atoms with Crippen LogP contribution in [0.15, 0.2) is 72.5 Å². The van der Waals surface area contributed by atoms with E-state index in [2.05, 4.69) is 0 Å². The molecule has 1 heterocycles. The number of allylic oxidation sites excluding steroid dienone is 1. The first kappa shape index (κ1) is 24.2. The number of hydrogen-bond acceptors (Lipinski definition) is 3. The molecule has 5 rings (SSSR count). The number of ether oxygens (including phenoxy) is 2. The highest BCUT2D eigenvalue weighted by molar-refractivity contribution is 6.15. The van der Waals surface area contributed by atoms with Crippen molar-refractivity contribution in [3.8, 4) is 22.6 Å². The van der Waals surface area contributed by atoms with Gasteiger partial charge in [-0.2, -0.15) is 0 Å². The van der Waals surface area contributed by atoms with Crippen LogP contribution < -0.4 is 9.47 Å². The third kappa shape index (κ3) is 4.46. The molecule has 1 aliphatic rings. The standard InChI is InChI=1S/C29H17F5O3/c1-15-11-19(36-14-20-24(30)26(32)28(34)27(33)25(20)31)13-21-23(15)29(35)22(37-21)12-16-7-9-18(10-8-16)17-5-3-2-4-6-17/h2-13H,14H2,1H3/b22-12-. The van der Waals surface area contributed by atoms with Crippen LogP contribution in [-0.2, 0) is 6.61 Å². The number of carbonyl (C=O) groups excluding carboxylic acids is 1. The molecule has 8 heteroatoms. The van der Waals surface area contributed by atoms with Gasteiger partial charge in [0.25, 0.3) is 0 Å². The van der Waals surface area contributed by atoms with E-state index in [4.69, 9.17) is 9.47 Å². The van der Waals surface area contributed by atoms with Crippen LogP contribution in [0.25, 0.3) is 17.2 Å². The minimum atomic E-state index is -2.24. The molecule has 4 aromatic carbocycles. The smallest absolute Gasteiger partial charge is 0.232 e. The summed E-state index contributed by atoms with van der Waals surface area (Å²) < 4.78 is 79.1. The van der Waals surface area contributed by atoms with E-state index in [1.807, 2.05) is 54.6 Å². The molecule has 0 amide bonds. The molecule has 0 aliphatic carbocycles. The molecule has 0 spiro atoms. The third-order valence-corrected chi connectivity index (χ3v) is 5.94. The number of fused-ring (bicyclic) bond motifs is 1. The van der Waals surface area contributed by atoms with E-state index in [-0.39, 0.29) is 28.6 Å². The molecule has 0 atom stereocenters. The summed E-state index contributed by atoms with van der Waals surface area (Å²) in [7, 11) is 0. The van der Waals surface area contributed by atoms with Crippen molar-refractivity contribution < 1.29 is 36.2 Å². The number of carbonyl (C=O) groups is 1. The van der Waals surface area contributed by atoms with Crippen LogP contribution in [0.1, 0.15) is 27.0 Å². The zero-order valence-corrected chi connectivity index (χ0v) is 19.2. The van der Waals surface area contributed by atoms with Gasteiger partial charge in [-0.15, -0.1) is 0 Å². The van der Waals surface area contributed by atoms with Gasteiger partial charge in [-0.1, -0.05) is 54.6 Å². The van der Waals surface area contributed by atoms with Gasteiger partial charge in [0, 0.05) is 6.07 Å². The maximum atomic E-state index is 14.0. The van der Waals surface area contributed by atoms with Crippen LogP contribution >= 0.6 is 0 Å². The lowest BCUT2D eigenvalue weighted by atomic mass is 10.0. The average Bonchev–Trinajstić information content (AvgIpc) is 3.22. The molecule has 3 nitrogen and oxygen atoms in total. The van der Waals surface area contributed by atoms with Gasteiger partial charge in [-0.25, -0.2) is 22.0 Å². The molecule has 0 N–H and O–H groups in total. The Labute approximate surface area is 208 Å². The topological polar surface area (TPSA) is 35.5 Å². The van der Waals surface area contributed by atoms with Gasteiger partial charge >= 0.3 is 0 Å². The second-order valence-corrected chi connectivity index (χ2v) is 8.38. The number of rotatable bonds is 5. The van der Waals surface area contributed by atoms with E-state index < -0.39 is 41.3 Å². The van der Waals surface area contributed by atoms with E-state index in [0.717, 1.165) is 16.7 Å². The second-order valence-electron chi connectivity index (χ2n) is 8.38. The number of Topliss-reactive ketones (excluding diaryl/α,β-unsaturated/α-hetero) is 1. The molecular formula is C29H17F5O3. The van der Waals surface area contributed by atoms with Crippen molar-refractivity contribution in [2.45, 2.75) is 13.5 Å². The number of ketones is 1. The van der Waals surface area contributed by atoms with Crippen molar-refractivity contribution in [2.24, 2.45) is 0 Å². The Bertz CT molecular complexity index is 1530. The van der Waals surface area contributed by atoms with Crippen molar-refractivity contribution in [3.63, 3.8) is 0 Å². The van der Waals surface area contributed by atoms with Crippen LogP contribution in [-0.4, -0.2) is 5.78 Å². The van der Waals surface area contributed by atoms with E-state index in [1.54, 1.807) is 13.0 Å². The number of aryl methyl sites for hydroxylation is 1. The Hall–Kier alpha value is -4.46. The lowest BCUT2D eigenvalue weighted by molar-refractivity contribution is 0.101. The summed E-state index contributed by atoms with van der Waals surface area (Å²) in [6, 6.07) is 20.1. The predicted molar refractivity (Wildman–Crippen MR) is 127 cm³/mol. The molecule has 0 unspecified atom stereocenters. The van der Waals surface area contributed by atoms with E-state index in [1.165, 1.54) is 12.1 Å². The molecule has 0 radical (unpaired) electrons. The third-order valence-electron chi connectivity index (χ3n) is 5.94. The summed E-state index contributed by atoms with van der Waals surface area (Å²) >= 11 is 0. The summed E-state index contributed by atoms with van der Waals surface area (Å²) in [6.45, 7) is 0.692. The largest absolute Gasteiger partial charge is 0.489 e. The zero-order valence-electron chi connectivity index (χ0n) is 19.2. The molecule has 186 valence electrons. The molecule has 1 aliphatic heterocycles. The van der Waals surface area contributed by atoms with Crippen molar-refractivity contribution >= 4 is 11.9 Å². The summed E-state index contributed by atoms with van der Waals surface area (Å²) in [5.41, 5.74) is 2.43. The second kappa shape index (κ2) is 9.54. The van der Waals surface area contributed by atoms with Crippen LogP contribution in [0.5, 0.6) is 11.5 Å². The quantitative estimate of drug-likeness (QED) is 0.121. The fourth-order valence-corrected chi connectivity index (χ4v) is 4.05. The molecule has 0 saturated carbocycles. The Kier molecular flexibility index (Phi) is 6.25. The highest BCUT2D eigenvalue weighted by Crippen LogP contribution is 2.38.